The average Bonchev–Trinajstić information content (AvgIpc) is 3.21. The normalized spacial score (nSPS) is 11.8. The van der Waals surface area contributed by atoms with Gasteiger partial charge in [0.25, 0.3) is 0 Å². The summed E-state index contributed by atoms with van der Waals surface area (Å²) in [7, 11) is 0. The van der Waals surface area contributed by atoms with Gasteiger partial charge in [-0.25, -0.2) is 0 Å². The van der Waals surface area contributed by atoms with Gasteiger partial charge in [-0.05, 0) is 68.7 Å². The number of hydrogen-bond acceptors (Lipinski definition) is 3. The van der Waals surface area contributed by atoms with E-state index >= 15 is 0 Å². The Hall–Kier alpha value is -4.37. The number of benzene rings is 5. The lowest BCUT2D eigenvalue weighted by Crippen LogP contribution is -1.90. The van der Waals surface area contributed by atoms with Crippen molar-refractivity contribution < 1.29 is 4.42 Å². The molecule has 0 unspecified atom stereocenters. The van der Waals surface area contributed by atoms with Gasteiger partial charge in [-0.2, -0.15) is 0 Å². The largest absolute Gasteiger partial charge is 0.454 e. The van der Waals surface area contributed by atoms with E-state index in [1.807, 2.05) is 12.1 Å². The van der Waals surface area contributed by atoms with Crippen LogP contribution in [-0.4, -0.2) is 4.98 Å². The number of rotatable bonds is 2. The highest BCUT2D eigenvalue weighted by atomic mass is 16.3. The molecule has 0 aliphatic heterocycles. The van der Waals surface area contributed by atoms with Crippen molar-refractivity contribution in [2.45, 2.75) is 0 Å². The van der Waals surface area contributed by atoms with Crippen molar-refractivity contribution in [3.8, 4) is 0 Å². The zero-order valence-corrected chi connectivity index (χ0v) is 17.2. The molecular weight excluding hydrogens is 392 g/mol. The highest BCUT2D eigenvalue weighted by Crippen LogP contribution is 2.35. The summed E-state index contributed by atoms with van der Waals surface area (Å²) in [4.78, 5) is 4.16. The molecule has 0 aliphatic rings. The lowest BCUT2D eigenvalue weighted by molar-refractivity contribution is 0.667. The molecule has 0 amide bonds. The summed E-state index contributed by atoms with van der Waals surface area (Å²) >= 11 is 0. The Kier molecular flexibility index (Phi) is 3.55. The van der Waals surface area contributed by atoms with Crippen LogP contribution in [0, 0.1) is 0 Å². The molecule has 0 aliphatic carbocycles. The van der Waals surface area contributed by atoms with Crippen LogP contribution < -0.4 is 5.32 Å². The Bertz CT molecular complexity index is 1810. The Morgan fingerprint density at radius 1 is 0.562 bits per heavy atom. The van der Waals surface area contributed by atoms with Gasteiger partial charge in [0.2, 0.25) is 0 Å². The second-order valence-corrected chi connectivity index (χ2v) is 8.20. The van der Waals surface area contributed by atoms with Gasteiger partial charge in [-0.3, -0.25) is 4.98 Å². The first-order valence-electron chi connectivity index (χ1n) is 10.7. The van der Waals surface area contributed by atoms with E-state index in [0.717, 1.165) is 33.3 Å². The van der Waals surface area contributed by atoms with Gasteiger partial charge in [0, 0.05) is 28.3 Å². The number of fused-ring (bicyclic) bond motifs is 8. The lowest BCUT2D eigenvalue weighted by Gasteiger charge is -2.11. The van der Waals surface area contributed by atoms with Crippen LogP contribution in [0.3, 0.4) is 0 Å². The lowest BCUT2D eigenvalue weighted by atomic mass is 9.96. The number of pyridine rings is 1. The minimum Gasteiger partial charge on any atom is -0.454 e. The van der Waals surface area contributed by atoms with Gasteiger partial charge in [0.05, 0.1) is 6.20 Å². The Morgan fingerprint density at radius 2 is 1.28 bits per heavy atom. The summed E-state index contributed by atoms with van der Waals surface area (Å²) in [5, 5.41) is 13.4. The molecule has 2 heterocycles. The minimum atomic E-state index is 0.809. The van der Waals surface area contributed by atoms with Crippen LogP contribution in [0.15, 0.2) is 108 Å². The maximum atomic E-state index is 5.91. The SMILES string of the molecule is c1ccc2c(c1)ccc1ccc3ccc(Nc4ccc5oc6cnccc6c5c4)cc3c12. The van der Waals surface area contributed by atoms with Crippen molar-refractivity contribution in [2.75, 3.05) is 5.32 Å². The second kappa shape index (κ2) is 6.56. The van der Waals surface area contributed by atoms with Gasteiger partial charge in [0.15, 0.2) is 5.58 Å². The molecule has 0 fully saturated rings. The van der Waals surface area contributed by atoms with E-state index in [1.165, 1.54) is 32.3 Å². The zero-order valence-electron chi connectivity index (χ0n) is 17.2. The first-order chi connectivity index (χ1) is 15.8. The predicted molar refractivity (Wildman–Crippen MR) is 134 cm³/mol. The summed E-state index contributed by atoms with van der Waals surface area (Å²) in [6.07, 6.45) is 3.57. The Labute approximate surface area is 183 Å². The third-order valence-electron chi connectivity index (χ3n) is 6.29. The van der Waals surface area contributed by atoms with Crippen LogP contribution in [0.2, 0.25) is 0 Å². The smallest absolute Gasteiger partial charge is 0.153 e. The topological polar surface area (TPSA) is 38.1 Å². The first-order valence-corrected chi connectivity index (χ1v) is 10.7. The molecule has 7 aromatic rings. The van der Waals surface area contributed by atoms with Crippen LogP contribution in [0.4, 0.5) is 11.4 Å². The molecule has 7 rings (SSSR count). The van der Waals surface area contributed by atoms with E-state index in [-0.39, 0.29) is 0 Å². The molecule has 3 nitrogen and oxygen atoms in total. The van der Waals surface area contributed by atoms with Crippen molar-refractivity contribution >= 4 is 65.6 Å². The van der Waals surface area contributed by atoms with E-state index in [1.54, 1.807) is 12.4 Å². The quantitative estimate of drug-likeness (QED) is 0.292. The number of nitrogens with zero attached hydrogens (tertiary/aromatic N) is 1. The summed E-state index contributed by atoms with van der Waals surface area (Å²) in [5.41, 5.74) is 3.77. The molecule has 32 heavy (non-hydrogen) atoms. The van der Waals surface area contributed by atoms with Crippen molar-refractivity contribution in [3.05, 3.63) is 103 Å². The Morgan fingerprint density at radius 3 is 2.19 bits per heavy atom. The molecule has 2 aromatic heterocycles. The maximum Gasteiger partial charge on any atom is 0.153 e. The molecule has 0 saturated heterocycles. The first kappa shape index (κ1) is 17.3. The molecule has 0 bridgehead atoms. The fourth-order valence-electron chi connectivity index (χ4n) is 4.78. The number of furan rings is 1. The summed E-state index contributed by atoms with van der Waals surface area (Å²) < 4.78 is 5.91. The molecule has 0 atom stereocenters. The third-order valence-corrected chi connectivity index (χ3v) is 6.29. The average molecular weight is 410 g/mol. The summed E-state index contributed by atoms with van der Waals surface area (Å²) in [6, 6.07) is 32.2. The summed E-state index contributed by atoms with van der Waals surface area (Å²) in [5.74, 6) is 0. The van der Waals surface area contributed by atoms with Crippen LogP contribution >= 0.6 is 0 Å². The minimum absolute atomic E-state index is 0.809. The number of hydrogen-bond donors (Lipinski definition) is 1. The van der Waals surface area contributed by atoms with Gasteiger partial charge in [0.1, 0.15) is 5.58 Å². The molecule has 0 saturated carbocycles. The summed E-state index contributed by atoms with van der Waals surface area (Å²) in [6.45, 7) is 0. The monoisotopic (exact) mass is 410 g/mol. The van der Waals surface area contributed by atoms with Crippen LogP contribution in [0.5, 0.6) is 0 Å². The maximum absolute atomic E-state index is 5.91. The molecular formula is C29H18N2O. The van der Waals surface area contributed by atoms with Crippen LogP contribution in [0.1, 0.15) is 0 Å². The van der Waals surface area contributed by atoms with Crippen molar-refractivity contribution in [2.24, 2.45) is 0 Å². The molecule has 1 N–H and O–H groups in total. The van der Waals surface area contributed by atoms with Gasteiger partial charge in [-0.1, -0.05) is 54.6 Å². The fraction of sp³-hybridized carbons (Fsp3) is 0. The van der Waals surface area contributed by atoms with Crippen molar-refractivity contribution in [3.63, 3.8) is 0 Å². The molecule has 150 valence electrons. The van der Waals surface area contributed by atoms with Crippen LogP contribution in [0.25, 0.3) is 54.3 Å². The molecule has 3 heteroatoms. The van der Waals surface area contributed by atoms with Gasteiger partial charge in [-0.15, -0.1) is 0 Å². The standard InChI is InChI=1S/C29H18N2O/c1-2-4-23-18(3-1)5-7-20-8-6-19-9-10-21(15-25(19)29(20)23)31-22-11-12-27-26(16-22)24-13-14-30-17-28(24)32-27/h1-17,31H. The van der Waals surface area contributed by atoms with E-state index in [2.05, 4.69) is 89.2 Å². The van der Waals surface area contributed by atoms with E-state index in [4.69, 9.17) is 4.42 Å². The van der Waals surface area contributed by atoms with E-state index < -0.39 is 0 Å². The van der Waals surface area contributed by atoms with Crippen molar-refractivity contribution in [1.82, 2.24) is 4.98 Å². The molecule has 0 radical (unpaired) electrons. The van der Waals surface area contributed by atoms with Gasteiger partial charge < -0.3 is 9.73 Å². The highest BCUT2D eigenvalue weighted by molar-refractivity contribution is 6.20. The van der Waals surface area contributed by atoms with Crippen LogP contribution in [-0.2, 0) is 0 Å². The zero-order chi connectivity index (χ0) is 21.1. The second-order valence-electron chi connectivity index (χ2n) is 8.20. The molecule has 0 spiro atoms. The van der Waals surface area contributed by atoms with Gasteiger partial charge >= 0.3 is 0 Å². The predicted octanol–water partition coefficient (Wildman–Crippen LogP) is 8.18. The number of anilines is 2. The highest BCUT2D eigenvalue weighted by Gasteiger charge is 2.09. The Balaban J connectivity index is 1.40. The molecule has 5 aromatic carbocycles. The van der Waals surface area contributed by atoms with Crippen molar-refractivity contribution in [1.29, 1.82) is 0 Å². The van der Waals surface area contributed by atoms with E-state index in [0.29, 0.717) is 0 Å². The number of nitrogens with one attached hydrogen (secondary N) is 1. The van der Waals surface area contributed by atoms with E-state index in [9.17, 15) is 0 Å². The fourth-order valence-corrected chi connectivity index (χ4v) is 4.78. The third kappa shape index (κ3) is 2.58. The number of aromatic nitrogens is 1.